The van der Waals surface area contributed by atoms with Crippen LogP contribution in [-0.2, 0) is 9.59 Å². The van der Waals surface area contributed by atoms with Crippen molar-refractivity contribution >= 4 is 17.5 Å². The number of nitrogens with zero attached hydrogens (tertiary/aromatic N) is 1. The summed E-state index contributed by atoms with van der Waals surface area (Å²) >= 11 is 0. The molecule has 0 aromatic heterocycles. The number of rotatable bonds is 6. The summed E-state index contributed by atoms with van der Waals surface area (Å²) < 4.78 is 17.7. The Labute approximate surface area is 131 Å². The van der Waals surface area contributed by atoms with Crippen LogP contribution in [0.15, 0.2) is 24.3 Å². The van der Waals surface area contributed by atoms with E-state index in [0.717, 1.165) is 11.3 Å². The molecule has 0 saturated heterocycles. The van der Waals surface area contributed by atoms with Crippen LogP contribution in [0.1, 0.15) is 47.5 Å². The molecule has 0 aliphatic carbocycles. The van der Waals surface area contributed by atoms with Crippen LogP contribution < -0.4 is 9.64 Å². The molecule has 122 valence electrons. The maximum absolute atomic E-state index is 12.8. The number of anilines is 1. The van der Waals surface area contributed by atoms with Crippen LogP contribution in [0.4, 0.5) is 10.1 Å². The lowest BCUT2D eigenvalue weighted by Gasteiger charge is -2.30. The second kappa shape index (κ2) is 7.38. The average molecular weight is 309 g/mol. The molecule has 0 spiro atoms. The van der Waals surface area contributed by atoms with Crippen molar-refractivity contribution in [2.45, 2.75) is 53.8 Å². The molecule has 2 amide bonds. The van der Waals surface area contributed by atoms with Gasteiger partial charge in [0.05, 0.1) is 5.69 Å². The quantitative estimate of drug-likeness (QED) is 0.795. The highest BCUT2D eigenvalue weighted by molar-refractivity contribution is 6.15. The van der Waals surface area contributed by atoms with Gasteiger partial charge < -0.3 is 4.74 Å². The molecule has 22 heavy (non-hydrogen) atoms. The van der Waals surface area contributed by atoms with E-state index in [2.05, 4.69) is 0 Å². The first-order valence-corrected chi connectivity index (χ1v) is 7.45. The van der Waals surface area contributed by atoms with Crippen molar-refractivity contribution in [1.82, 2.24) is 0 Å². The Morgan fingerprint density at radius 3 is 2.23 bits per heavy atom. The highest BCUT2D eigenvalue weighted by Crippen LogP contribution is 2.29. The lowest BCUT2D eigenvalue weighted by Crippen LogP contribution is -2.43. The van der Waals surface area contributed by atoms with Gasteiger partial charge in [-0.25, -0.2) is 4.39 Å². The van der Waals surface area contributed by atoms with Crippen LogP contribution in [0.25, 0.3) is 0 Å². The van der Waals surface area contributed by atoms with Gasteiger partial charge in [-0.05, 0) is 30.7 Å². The van der Waals surface area contributed by atoms with E-state index >= 15 is 0 Å². The van der Waals surface area contributed by atoms with Gasteiger partial charge in [-0.2, -0.15) is 0 Å². The van der Waals surface area contributed by atoms with Crippen LogP contribution >= 0.6 is 0 Å². The van der Waals surface area contributed by atoms with Crippen molar-refractivity contribution < 1.29 is 18.7 Å². The van der Waals surface area contributed by atoms with Crippen molar-refractivity contribution in [3.63, 3.8) is 0 Å². The lowest BCUT2D eigenvalue weighted by molar-refractivity contribution is -0.131. The van der Waals surface area contributed by atoms with E-state index in [1.165, 1.54) is 13.8 Å². The molecule has 1 aromatic rings. The lowest BCUT2D eigenvalue weighted by atomic mass is 9.86. The fourth-order valence-electron chi connectivity index (χ4n) is 2.34. The Morgan fingerprint density at radius 1 is 1.27 bits per heavy atom. The minimum absolute atomic E-state index is 0.241. The van der Waals surface area contributed by atoms with Gasteiger partial charge in [0, 0.05) is 19.3 Å². The molecule has 5 heteroatoms. The number of carbonyl (C=O) groups is 2. The molecule has 0 heterocycles. The molecule has 0 bridgehead atoms. The van der Waals surface area contributed by atoms with E-state index < -0.39 is 11.8 Å². The number of ether oxygens (including phenoxy) is 1. The molecule has 4 nitrogen and oxygen atoms in total. The largest absolute Gasteiger partial charge is 0.461 e. The highest BCUT2D eigenvalue weighted by atomic mass is 19.1. The zero-order valence-corrected chi connectivity index (χ0v) is 13.9. The standard InChI is InChI=1S/C17H24FNO3/c1-6-11-17(4,5)16(21)19(13(3)20)14-7-9-15(10-8-14)22-12(2)18/h7-10,12H,6,11H2,1-5H3. The molecule has 0 saturated carbocycles. The summed E-state index contributed by atoms with van der Waals surface area (Å²) in [6.07, 6.45) is 0.127. The van der Waals surface area contributed by atoms with E-state index in [1.54, 1.807) is 24.3 Å². The van der Waals surface area contributed by atoms with E-state index in [0.29, 0.717) is 17.9 Å². The molecule has 1 unspecified atom stereocenters. The summed E-state index contributed by atoms with van der Waals surface area (Å²) in [4.78, 5) is 25.8. The first kappa shape index (κ1) is 18.1. The first-order valence-electron chi connectivity index (χ1n) is 7.45. The van der Waals surface area contributed by atoms with Gasteiger partial charge in [0.2, 0.25) is 18.2 Å². The number of carbonyl (C=O) groups excluding carboxylic acids is 2. The molecule has 0 aliphatic rings. The summed E-state index contributed by atoms with van der Waals surface area (Å²) in [6, 6.07) is 6.25. The van der Waals surface area contributed by atoms with Crippen LogP contribution in [0, 0.1) is 5.41 Å². The minimum Gasteiger partial charge on any atom is -0.461 e. The summed E-state index contributed by atoms with van der Waals surface area (Å²) in [5, 5.41) is 0. The van der Waals surface area contributed by atoms with Crippen molar-refractivity contribution in [3.8, 4) is 5.75 Å². The number of alkyl halides is 1. The molecular weight excluding hydrogens is 285 g/mol. The number of hydrogen-bond acceptors (Lipinski definition) is 3. The number of hydrogen-bond donors (Lipinski definition) is 0. The van der Waals surface area contributed by atoms with E-state index in [4.69, 9.17) is 4.74 Å². The topological polar surface area (TPSA) is 46.6 Å². The zero-order chi connectivity index (χ0) is 16.9. The maximum atomic E-state index is 12.8. The fourth-order valence-corrected chi connectivity index (χ4v) is 2.34. The highest BCUT2D eigenvalue weighted by Gasteiger charge is 2.34. The maximum Gasteiger partial charge on any atom is 0.239 e. The second-order valence-electron chi connectivity index (χ2n) is 5.95. The van der Waals surface area contributed by atoms with Gasteiger partial charge in [-0.3, -0.25) is 14.5 Å². The van der Waals surface area contributed by atoms with E-state index in [-0.39, 0.29) is 11.8 Å². The third kappa shape index (κ3) is 4.55. The van der Waals surface area contributed by atoms with Crippen molar-refractivity contribution in [3.05, 3.63) is 24.3 Å². The molecule has 0 radical (unpaired) electrons. The third-order valence-electron chi connectivity index (χ3n) is 3.37. The minimum atomic E-state index is -1.42. The second-order valence-corrected chi connectivity index (χ2v) is 5.95. The van der Waals surface area contributed by atoms with E-state index in [9.17, 15) is 14.0 Å². The Hall–Kier alpha value is -1.91. The van der Waals surface area contributed by atoms with Crippen molar-refractivity contribution in [1.29, 1.82) is 0 Å². The van der Waals surface area contributed by atoms with Gasteiger partial charge in [-0.15, -0.1) is 0 Å². The Kier molecular flexibility index (Phi) is 6.09. The normalized spacial score (nSPS) is 12.6. The Balaban J connectivity index is 3.06. The average Bonchev–Trinajstić information content (AvgIpc) is 2.39. The Bertz CT molecular complexity index is 523. The molecule has 1 aromatic carbocycles. The summed E-state index contributed by atoms with van der Waals surface area (Å²) in [5.41, 5.74) is -0.163. The monoisotopic (exact) mass is 309 g/mol. The predicted octanol–water partition coefficient (Wildman–Crippen LogP) is 4.09. The molecule has 1 rings (SSSR count). The van der Waals surface area contributed by atoms with Gasteiger partial charge in [0.25, 0.3) is 0 Å². The van der Waals surface area contributed by atoms with Gasteiger partial charge in [-0.1, -0.05) is 27.2 Å². The van der Waals surface area contributed by atoms with Crippen LogP contribution in [0.2, 0.25) is 0 Å². The number of halogens is 1. The van der Waals surface area contributed by atoms with Crippen LogP contribution in [0.3, 0.4) is 0 Å². The molecule has 0 fully saturated rings. The van der Waals surface area contributed by atoms with Gasteiger partial charge in [0.15, 0.2) is 0 Å². The number of benzene rings is 1. The summed E-state index contributed by atoms with van der Waals surface area (Å²) in [5.74, 6) is -0.237. The fraction of sp³-hybridized carbons (Fsp3) is 0.529. The van der Waals surface area contributed by atoms with Crippen molar-refractivity contribution in [2.75, 3.05) is 4.90 Å². The summed E-state index contributed by atoms with van der Waals surface area (Å²) in [6.45, 7) is 8.30. The van der Waals surface area contributed by atoms with E-state index in [1.807, 2.05) is 20.8 Å². The number of imide groups is 1. The molecule has 0 aliphatic heterocycles. The molecular formula is C17H24FNO3. The Morgan fingerprint density at radius 2 is 1.82 bits per heavy atom. The molecule has 0 N–H and O–H groups in total. The predicted molar refractivity (Wildman–Crippen MR) is 84.5 cm³/mol. The SMILES string of the molecule is CCCC(C)(C)C(=O)N(C(C)=O)c1ccc(OC(C)F)cc1. The van der Waals surface area contributed by atoms with Gasteiger partial charge >= 0.3 is 0 Å². The van der Waals surface area contributed by atoms with Crippen LogP contribution in [0.5, 0.6) is 5.75 Å². The summed E-state index contributed by atoms with van der Waals surface area (Å²) in [7, 11) is 0. The zero-order valence-electron chi connectivity index (χ0n) is 13.9. The third-order valence-corrected chi connectivity index (χ3v) is 3.37. The van der Waals surface area contributed by atoms with Crippen molar-refractivity contribution in [2.24, 2.45) is 5.41 Å². The van der Waals surface area contributed by atoms with Gasteiger partial charge in [0.1, 0.15) is 5.75 Å². The number of amides is 2. The van der Waals surface area contributed by atoms with Crippen LogP contribution in [-0.4, -0.2) is 18.2 Å². The first-order chi connectivity index (χ1) is 10.2. The molecule has 1 atom stereocenters. The smallest absolute Gasteiger partial charge is 0.239 e.